The van der Waals surface area contributed by atoms with Gasteiger partial charge in [0.25, 0.3) is 5.91 Å². The van der Waals surface area contributed by atoms with Crippen molar-refractivity contribution in [2.24, 2.45) is 5.92 Å². The SMILES string of the molecule is CCN(C)c1ncc(C(=O)N[C@H](/C=C/S(C)(=O)=O)C2CC2)nc1-c1ccccc1. The Balaban J connectivity index is 1.90. The minimum Gasteiger partial charge on any atom is -0.358 e. The molecule has 1 aromatic carbocycles. The molecule has 1 aliphatic rings. The molecule has 1 fully saturated rings. The van der Waals surface area contributed by atoms with E-state index < -0.39 is 9.84 Å². The molecule has 29 heavy (non-hydrogen) atoms. The van der Waals surface area contributed by atoms with E-state index in [1.165, 1.54) is 6.20 Å². The van der Waals surface area contributed by atoms with Crippen LogP contribution in [0.5, 0.6) is 0 Å². The second-order valence-electron chi connectivity index (χ2n) is 7.30. The minimum atomic E-state index is -3.25. The van der Waals surface area contributed by atoms with Crippen LogP contribution in [0.15, 0.2) is 48.0 Å². The average molecular weight is 415 g/mol. The Hall–Kier alpha value is -2.74. The van der Waals surface area contributed by atoms with E-state index >= 15 is 0 Å². The summed E-state index contributed by atoms with van der Waals surface area (Å²) in [6.45, 7) is 2.77. The standard InChI is InChI=1S/C21H26N4O3S/c1-4-25(2)20-19(16-8-6-5-7-9-16)23-18(14-22-20)21(26)24-17(15-10-11-15)12-13-29(3,27)28/h5-9,12-15,17H,4,10-11H2,1-3H3,(H,24,26)/b13-12+/t17-/m1/s1. The van der Waals surface area contributed by atoms with Crippen molar-refractivity contribution in [3.05, 3.63) is 53.7 Å². The number of benzene rings is 1. The maximum atomic E-state index is 12.8. The number of aromatic nitrogens is 2. The van der Waals surface area contributed by atoms with Crippen molar-refractivity contribution in [2.75, 3.05) is 24.7 Å². The Morgan fingerprint density at radius 2 is 2.00 bits per heavy atom. The summed E-state index contributed by atoms with van der Waals surface area (Å²) >= 11 is 0. The first-order valence-corrected chi connectivity index (χ1v) is 11.6. The third kappa shape index (κ3) is 5.63. The third-order valence-electron chi connectivity index (χ3n) is 4.83. The molecule has 3 rings (SSSR count). The Bertz CT molecular complexity index is 1000. The lowest BCUT2D eigenvalue weighted by Crippen LogP contribution is -2.36. The summed E-state index contributed by atoms with van der Waals surface area (Å²) in [5.74, 6) is 0.588. The quantitative estimate of drug-likeness (QED) is 0.714. The van der Waals surface area contributed by atoms with Crippen molar-refractivity contribution in [2.45, 2.75) is 25.8 Å². The summed E-state index contributed by atoms with van der Waals surface area (Å²) in [6, 6.07) is 9.28. The second kappa shape index (κ2) is 8.73. The van der Waals surface area contributed by atoms with Crippen LogP contribution in [-0.4, -0.2) is 50.2 Å². The summed E-state index contributed by atoms with van der Waals surface area (Å²) in [4.78, 5) is 23.9. The van der Waals surface area contributed by atoms with Crippen LogP contribution in [0.25, 0.3) is 11.3 Å². The molecule has 1 heterocycles. The van der Waals surface area contributed by atoms with Crippen molar-refractivity contribution in [1.29, 1.82) is 0 Å². The van der Waals surface area contributed by atoms with Gasteiger partial charge < -0.3 is 10.2 Å². The molecule has 0 unspecified atom stereocenters. The van der Waals surface area contributed by atoms with E-state index in [0.29, 0.717) is 11.5 Å². The molecule has 1 atom stereocenters. The monoisotopic (exact) mass is 414 g/mol. The summed E-state index contributed by atoms with van der Waals surface area (Å²) in [7, 11) is -1.33. The molecule has 0 radical (unpaired) electrons. The van der Waals surface area contributed by atoms with E-state index in [4.69, 9.17) is 0 Å². The van der Waals surface area contributed by atoms with Crippen molar-refractivity contribution < 1.29 is 13.2 Å². The van der Waals surface area contributed by atoms with Crippen LogP contribution in [0.2, 0.25) is 0 Å². The fraction of sp³-hybridized carbons (Fsp3) is 0.381. The van der Waals surface area contributed by atoms with Gasteiger partial charge in [-0.3, -0.25) is 4.79 Å². The van der Waals surface area contributed by atoms with Gasteiger partial charge in [-0.15, -0.1) is 0 Å². The predicted molar refractivity (Wildman–Crippen MR) is 114 cm³/mol. The molecular weight excluding hydrogens is 388 g/mol. The van der Waals surface area contributed by atoms with Gasteiger partial charge in [-0.2, -0.15) is 0 Å². The number of sulfone groups is 1. The maximum absolute atomic E-state index is 12.8. The Kier molecular flexibility index (Phi) is 6.32. The molecule has 1 aliphatic carbocycles. The van der Waals surface area contributed by atoms with E-state index in [0.717, 1.165) is 36.6 Å². The highest BCUT2D eigenvalue weighted by Gasteiger charge is 2.31. The number of carbonyl (C=O) groups excluding carboxylic acids is 1. The molecular formula is C21H26N4O3S. The molecule has 0 bridgehead atoms. The fourth-order valence-corrected chi connectivity index (χ4v) is 3.40. The molecule has 7 nitrogen and oxygen atoms in total. The molecule has 2 aromatic rings. The largest absolute Gasteiger partial charge is 0.358 e. The molecule has 0 spiro atoms. The Morgan fingerprint density at radius 3 is 2.59 bits per heavy atom. The Labute approximate surface area is 171 Å². The molecule has 0 aliphatic heterocycles. The number of nitrogens with zero attached hydrogens (tertiary/aromatic N) is 3. The van der Waals surface area contributed by atoms with Gasteiger partial charge in [0.05, 0.1) is 12.2 Å². The molecule has 8 heteroatoms. The van der Waals surface area contributed by atoms with Crippen molar-refractivity contribution >= 4 is 21.6 Å². The maximum Gasteiger partial charge on any atom is 0.271 e. The van der Waals surface area contributed by atoms with E-state index in [-0.39, 0.29) is 23.6 Å². The van der Waals surface area contributed by atoms with Crippen molar-refractivity contribution in [1.82, 2.24) is 15.3 Å². The highest BCUT2D eigenvalue weighted by atomic mass is 32.2. The van der Waals surface area contributed by atoms with Crippen molar-refractivity contribution in [3.8, 4) is 11.3 Å². The first-order chi connectivity index (χ1) is 13.8. The molecule has 1 N–H and O–H groups in total. The van der Waals surface area contributed by atoms with Crippen LogP contribution in [0.1, 0.15) is 30.3 Å². The van der Waals surface area contributed by atoms with Gasteiger partial charge >= 0.3 is 0 Å². The summed E-state index contributed by atoms with van der Waals surface area (Å²) < 4.78 is 22.9. The number of rotatable bonds is 8. The smallest absolute Gasteiger partial charge is 0.271 e. The van der Waals surface area contributed by atoms with Gasteiger partial charge in [0, 0.05) is 30.8 Å². The first-order valence-electron chi connectivity index (χ1n) is 9.61. The molecule has 0 saturated heterocycles. The molecule has 154 valence electrons. The van der Waals surface area contributed by atoms with Gasteiger partial charge in [-0.1, -0.05) is 36.4 Å². The van der Waals surface area contributed by atoms with Crippen molar-refractivity contribution in [3.63, 3.8) is 0 Å². The van der Waals surface area contributed by atoms with E-state index in [1.54, 1.807) is 6.08 Å². The third-order valence-corrected chi connectivity index (χ3v) is 5.48. The van der Waals surface area contributed by atoms with Crippen LogP contribution in [-0.2, 0) is 9.84 Å². The second-order valence-corrected chi connectivity index (χ2v) is 9.23. The zero-order valence-corrected chi connectivity index (χ0v) is 17.7. The van der Waals surface area contributed by atoms with Crippen LogP contribution < -0.4 is 10.2 Å². The van der Waals surface area contributed by atoms with E-state index in [9.17, 15) is 13.2 Å². The normalized spacial score (nSPS) is 15.3. The number of amides is 1. The van der Waals surface area contributed by atoms with Gasteiger partial charge in [0.2, 0.25) is 0 Å². The van der Waals surface area contributed by atoms with Gasteiger partial charge in [0.1, 0.15) is 11.4 Å². The predicted octanol–water partition coefficient (Wildman–Crippen LogP) is 2.67. The zero-order chi connectivity index (χ0) is 21.0. The number of nitrogens with one attached hydrogen (secondary N) is 1. The fourth-order valence-electron chi connectivity index (χ4n) is 2.94. The summed E-state index contributed by atoms with van der Waals surface area (Å²) in [5, 5.41) is 4.05. The lowest BCUT2D eigenvalue weighted by Gasteiger charge is -2.20. The average Bonchev–Trinajstić information content (AvgIpc) is 3.55. The number of hydrogen-bond donors (Lipinski definition) is 1. The van der Waals surface area contributed by atoms with E-state index in [2.05, 4.69) is 15.3 Å². The number of anilines is 1. The highest BCUT2D eigenvalue weighted by Crippen LogP contribution is 2.33. The molecule has 1 saturated carbocycles. The van der Waals surface area contributed by atoms with Crippen LogP contribution in [0.3, 0.4) is 0 Å². The zero-order valence-electron chi connectivity index (χ0n) is 16.9. The van der Waals surface area contributed by atoms with Crippen LogP contribution >= 0.6 is 0 Å². The van der Waals surface area contributed by atoms with Crippen LogP contribution in [0.4, 0.5) is 5.82 Å². The number of carbonyl (C=O) groups is 1. The topological polar surface area (TPSA) is 92.3 Å². The van der Waals surface area contributed by atoms with E-state index in [1.807, 2.05) is 49.2 Å². The lowest BCUT2D eigenvalue weighted by molar-refractivity contribution is 0.0935. The Morgan fingerprint density at radius 1 is 1.31 bits per heavy atom. The first kappa shape index (κ1) is 21.0. The highest BCUT2D eigenvalue weighted by molar-refractivity contribution is 7.93. The van der Waals surface area contributed by atoms with Gasteiger partial charge in [-0.25, -0.2) is 18.4 Å². The molecule has 1 aromatic heterocycles. The summed E-state index contributed by atoms with van der Waals surface area (Å²) in [5.41, 5.74) is 1.72. The minimum absolute atomic E-state index is 0.204. The van der Waals surface area contributed by atoms with Crippen LogP contribution in [0, 0.1) is 5.92 Å². The number of hydrogen-bond acceptors (Lipinski definition) is 6. The van der Waals surface area contributed by atoms with Gasteiger partial charge in [0.15, 0.2) is 15.7 Å². The van der Waals surface area contributed by atoms with Gasteiger partial charge in [-0.05, 0) is 25.7 Å². The summed E-state index contributed by atoms with van der Waals surface area (Å²) in [6.07, 6.45) is 6.07. The molecule has 1 amide bonds. The lowest BCUT2D eigenvalue weighted by atomic mass is 10.1.